The molecule has 0 bridgehead atoms. The van der Waals surface area contributed by atoms with Gasteiger partial charge < -0.3 is 10.2 Å². The minimum absolute atomic E-state index is 0.138. The lowest BCUT2D eigenvalue weighted by Crippen LogP contribution is -2.05. The number of hydrogen-bond acceptors (Lipinski definition) is 2. The van der Waals surface area contributed by atoms with Gasteiger partial charge in [0.1, 0.15) is 0 Å². The molecule has 0 aromatic heterocycles. The lowest BCUT2D eigenvalue weighted by molar-refractivity contribution is 0.145. The molecule has 2 nitrogen and oxygen atoms in total. The van der Waals surface area contributed by atoms with Gasteiger partial charge in [-0.2, -0.15) is 0 Å². The van der Waals surface area contributed by atoms with E-state index < -0.39 is 0 Å². The molecule has 0 heterocycles. The molecule has 2 heteroatoms. The minimum Gasteiger partial charge on any atom is -0.396 e. The van der Waals surface area contributed by atoms with Gasteiger partial charge in [-0.15, -0.1) is 0 Å². The van der Waals surface area contributed by atoms with Crippen LogP contribution in [0.3, 0.4) is 0 Å². The Morgan fingerprint density at radius 3 is 2.27 bits per heavy atom. The average Bonchev–Trinajstić information content (AvgIpc) is 2.01. The van der Waals surface area contributed by atoms with Crippen LogP contribution in [0.4, 0.5) is 0 Å². The molecule has 0 aliphatic rings. The van der Waals surface area contributed by atoms with Crippen LogP contribution in [0.25, 0.3) is 0 Å². The maximum absolute atomic E-state index is 9.33. The van der Waals surface area contributed by atoms with E-state index in [0.29, 0.717) is 0 Å². The molecule has 0 amide bonds. The number of hydrogen-bond donors (Lipinski definition) is 2. The second kappa shape index (κ2) is 8.02. The van der Waals surface area contributed by atoms with E-state index in [4.69, 9.17) is 5.11 Å². The van der Waals surface area contributed by atoms with Gasteiger partial charge in [0.15, 0.2) is 0 Å². The highest BCUT2D eigenvalue weighted by atomic mass is 16.3. The van der Waals surface area contributed by atoms with Gasteiger partial charge in [0, 0.05) is 6.61 Å². The van der Waals surface area contributed by atoms with Crippen molar-refractivity contribution in [1.29, 1.82) is 0 Å². The SMILES string of the molecule is CCCCC(O)CCCCO. The van der Waals surface area contributed by atoms with Crippen molar-refractivity contribution in [3.63, 3.8) is 0 Å². The van der Waals surface area contributed by atoms with E-state index in [1.165, 1.54) is 0 Å². The molecule has 0 saturated heterocycles. The highest BCUT2D eigenvalue weighted by Crippen LogP contribution is 2.07. The summed E-state index contributed by atoms with van der Waals surface area (Å²) in [6.07, 6.45) is 5.66. The molecule has 2 N–H and O–H groups in total. The molecule has 0 spiro atoms. The van der Waals surface area contributed by atoms with Gasteiger partial charge in [0.2, 0.25) is 0 Å². The van der Waals surface area contributed by atoms with Crippen molar-refractivity contribution >= 4 is 0 Å². The van der Waals surface area contributed by atoms with Crippen molar-refractivity contribution in [3.8, 4) is 0 Å². The van der Waals surface area contributed by atoms with Crippen molar-refractivity contribution in [1.82, 2.24) is 0 Å². The molecule has 11 heavy (non-hydrogen) atoms. The van der Waals surface area contributed by atoms with Crippen LogP contribution in [0.1, 0.15) is 45.4 Å². The highest BCUT2D eigenvalue weighted by Gasteiger charge is 2.01. The molecule has 0 aromatic rings. The van der Waals surface area contributed by atoms with E-state index in [9.17, 15) is 5.11 Å². The van der Waals surface area contributed by atoms with E-state index >= 15 is 0 Å². The zero-order chi connectivity index (χ0) is 8.53. The van der Waals surface area contributed by atoms with Crippen LogP contribution >= 0.6 is 0 Å². The molecule has 1 atom stereocenters. The number of rotatable bonds is 7. The second-order valence-electron chi connectivity index (χ2n) is 3.02. The van der Waals surface area contributed by atoms with Crippen molar-refractivity contribution in [2.24, 2.45) is 0 Å². The Hall–Kier alpha value is -0.0800. The molecule has 0 fully saturated rings. The molecule has 0 radical (unpaired) electrons. The van der Waals surface area contributed by atoms with Gasteiger partial charge in [0.25, 0.3) is 0 Å². The summed E-state index contributed by atoms with van der Waals surface area (Å²) in [5, 5.41) is 17.8. The predicted octanol–water partition coefficient (Wildman–Crippen LogP) is 1.70. The Morgan fingerprint density at radius 1 is 1.09 bits per heavy atom. The van der Waals surface area contributed by atoms with Gasteiger partial charge in [-0.25, -0.2) is 0 Å². The van der Waals surface area contributed by atoms with E-state index in [1.807, 2.05) is 0 Å². The summed E-state index contributed by atoms with van der Waals surface area (Å²) in [6, 6.07) is 0. The number of aliphatic hydroxyl groups is 2. The van der Waals surface area contributed by atoms with Crippen LogP contribution in [0.5, 0.6) is 0 Å². The first-order valence-electron chi connectivity index (χ1n) is 4.60. The first-order chi connectivity index (χ1) is 5.31. The van der Waals surface area contributed by atoms with Crippen LogP contribution in [-0.2, 0) is 0 Å². The maximum atomic E-state index is 9.33. The fourth-order valence-electron chi connectivity index (χ4n) is 1.08. The van der Waals surface area contributed by atoms with Crippen LogP contribution < -0.4 is 0 Å². The Balaban J connectivity index is 3.02. The summed E-state index contributed by atoms with van der Waals surface area (Å²) in [4.78, 5) is 0. The van der Waals surface area contributed by atoms with Gasteiger partial charge in [-0.1, -0.05) is 19.8 Å². The maximum Gasteiger partial charge on any atom is 0.0540 e. The van der Waals surface area contributed by atoms with Crippen LogP contribution in [0.2, 0.25) is 0 Å². The molecule has 0 aliphatic carbocycles. The Morgan fingerprint density at radius 2 is 1.73 bits per heavy atom. The number of unbranched alkanes of at least 4 members (excludes halogenated alkanes) is 2. The highest BCUT2D eigenvalue weighted by molar-refractivity contribution is 4.55. The third-order valence-corrected chi connectivity index (χ3v) is 1.84. The summed E-state index contributed by atoms with van der Waals surface area (Å²) in [5.74, 6) is 0. The summed E-state index contributed by atoms with van der Waals surface area (Å²) in [7, 11) is 0. The lowest BCUT2D eigenvalue weighted by Gasteiger charge is -2.08. The molecular weight excluding hydrogens is 140 g/mol. The molecule has 0 aromatic carbocycles. The molecule has 0 saturated carbocycles. The first kappa shape index (κ1) is 10.9. The van der Waals surface area contributed by atoms with Gasteiger partial charge in [-0.3, -0.25) is 0 Å². The van der Waals surface area contributed by atoms with Crippen LogP contribution in [0.15, 0.2) is 0 Å². The Kier molecular flexibility index (Phi) is 7.96. The monoisotopic (exact) mass is 160 g/mol. The third kappa shape index (κ3) is 7.82. The zero-order valence-corrected chi connectivity index (χ0v) is 7.42. The normalized spacial score (nSPS) is 13.4. The Labute approximate surface area is 69.2 Å². The summed E-state index contributed by atoms with van der Waals surface area (Å²) in [6.45, 7) is 2.38. The quantitative estimate of drug-likeness (QED) is 0.556. The molecule has 0 rings (SSSR count). The van der Waals surface area contributed by atoms with Crippen molar-refractivity contribution < 1.29 is 10.2 Å². The van der Waals surface area contributed by atoms with Crippen LogP contribution in [-0.4, -0.2) is 22.9 Å². The molecule has 68 valence electrons. The predicted molar refractivity (Wildman–Crippen MR) is 46.5 cm³/mol. The van der Waals surface area contributed by atoms with Crippen molar-refractivity contribution in [2.75, 3.05) is 6.61 Å². The fraction of sp³-hybridized carbons (Fsp3) is 1.00. The second-order valence-corrected chi connectivity index (χ2v) is 3.02. The molecular formula is C9H20O2. The lowest BCUT2D eigenvalue weighted by atomic mass is 10.1. The van der Waals surface area contributed by atoms with Crippen LogP contribution in [0, 0.1) is 0 Å². The topological polar surface area (TPSA) is 40.5 Å². The van der Waals surface area contributed by atoms with E-state index in [-0.39, 0.29) is 12.7 Å². The van der Waals surface area contributed by atoms with Gasteiger partial charge in [-0.05, 0) is 25.7 Å². The third-order valence-electron chi connectivity index (χ3n) is 1.84. The smallest absolute Gasteiger partial charge is 0.0540 e. The van der Waals surface area contributed by atoms with Crippen molar-refractivity contribution in [3.05, 3.63) is 0 Å². The zero-order valence-electron chi connectivity index (χ0n) is 7.42. The average molecular weight is 160 g/mol. The summed E-state index contributed by atoms with van der Waals surface area (Å²) >= 11 is 0. The van der Waals surface area contributed by atoms with E-state index in [2.05, 4.69) is 6.92 Å². The van der Waals surface area contributed by atoms with E-state index in [0.717, 1.165) is 38.5 Å². The fourth-order valence-corrected chi connectivity index (χ4v) is 1.08. The van der Waals surface area contributed by atoms with Crippen molar-refractivity contribution in [2.45, 2.75) is 51.6 Å². The van der Waals surface area contributed by atoms with Gasteiger partial charge >= 0.3 is 0 Å². The first-order valence-corrected chi connectivity index (χ1v) is 4.60. The standard InChI is InChI=1S/C9H20O2/c1-2-3-6-9(11)7-4-5-8-10/h9-11H,2-8H2,1H3. The largest absolute Gasteiger partial charge is 0.396 e. The van der Waals surface area contributed by atoms with Gasteiger partial charge in [0.05, 0.1) is 6.10 Å². The number of aliphatic hydroxyl groups excluding tert-OH is 2. The summed E-state index contributed by atoms with van der Waals surface area (Å²) < 4.78 is 0. The van der Waals surface area contributed by atoms with E-state index in [1.54, 1.807) is 0 Å². The molecule has 1 unspecified atom stereocenters. The molecule has 0 aliphatic heterocycles. The summed E-state index contributed by atoms with van der Waals surface area (Å²) in [5.41, 5.74) is 0. The Bertz CT molecular complexity index is 74.0. The minimum atomic E-state index is -0.138.